The Kier molecular flexibility index (Phi) is 2.89. The van der Waals surface area contributed by atoms with Crippen molar-refractivity contribution in [3.8, 4) is 11.6 Å². The van der Waals surface area contributed by atoms with Crippen LogP contribution in [0, 0.1) is 6.92 Å². The molecule has 0 amide bonds. The van der Waals surface area contributed by atoms with Crippen LogP contribution in [0.2, 0.25) is 0 Å². The molecule has 3 aromatic rings. The zero-order valence-corrected chi connectivity index (χ0v) is 11.1. The topological polar surface area (TPSA) is 53.1 Å². The van der Waals surface area contributed by atoms with Gasteiger partial charge in [0.15, 0.2) is 28.9 Å². The van der Waals surface area contributed by atoms with E-state index in [1.807, 2.05) is 6.92 Å². The van der Waals surface area contributed by atoms with Crippen molar-refractivity contribution in [2.45, 2.75) is 13.1 Å². The lowest BCUT2D eigenvalue weighted by atomic mass is 10.2. The number of fused-ring (bicyclic) bond motifs is 1. The van der Waals surface area contributed by atoms with Gasteiger partial charge in [-0.25, -0.2) is 9.67 Å². The van der Waals surface area contributed by atoms with E-state index in [4.69, 9.17) is 9.15 Å². The summed E-state index contributed by atoms with van der Waals surface area (Å²) in [6.45, 7) is 1.82. The molecule has 5 nitrogen and oxygen atoms in total. The molecule has 0 aliphatic rings. The van der Waals surface area contributed by atoms with E-state index < -0.39 is 11.9 Å². The summed E-state index contributed by atoms with van der Waals surface area (Å²) in [5.74, 6) is 0.285. The van der Waals surface area contributed by atoms with Crippen molar-refractivity contribution in [2.24, 2.45) is 7.05 Å². The molecule has 0 saturated carbocycles. The second-order valence-electron chi connectivity index (χ2n) is 4.55. The van der Waals surface area contributed by atoms with Gasteiger partial charge in [0.25, 0.3) is 0 Å². The SMILES string of the molecule is Cc1cc(Oc2cc(C(F)(F)F)nn2C)c2ncoc2c1. The molecular formula is C13H10F3N3O2. The minimum Gasteiger partial charge on any atom is -0.443 e. The van der Waals surface area contributed by atoms with E-state index in [2.05, 4.69) is 10.1 Å². The Morgan fingerprint density at radius 2 is 2.00 bits per heavy atom. The zero-order chi connectivity index (χ0) is 15.2. The van der Waals surface area contributed by atoms with Crippen LogP contribution >= 0.6 is 0 Å². The van der Waals surface area contributed by atoms with Gasteiger partial charge in [-0.15, -0.1) is 0 Å². The Labute approximate surface area is 116 Å². The van der Waals surface area contributed by atoms with Crippen LogP contribution in [0.25, 0.3) is 11.1 Å². The Balaban J connectivity index is 2.03. The number of hydrogen-bond donors (Lipinski definition) is 0. The van der Waals surface area contributed by atoms with E-state index in [0.29, 0.717) is 16.8 Å². The van der Waals surface area contributed by atoms with Crippen LogP contribution in [0.3, 0.4) is 0 Å². The standard InChI is InChI=1S/C13H10F3N3O2/c1-7-3-8-12(17-6-20-8)9(4-7)21-11-5-10(13(14,15)16)18-19(11)2/h3-6H,1-2H3. The highest BCUT2D eigenvalue weighted by atomic mass is 19.4. The molecule has 2 heterocycles. The average molecular weight is 297 g/mol. The van der Waals surface area contributed by atoms with Crippen LogP contribution in [0.5, 0.6) is 11.6 Å². The van der Waals surface area contributed by atoms with E-state index in [0.717, 1.165) is 16.3 Å². The second-order valence-corrected chi connectivity index (χ2v) is 4.55. The molecule has 0 spiro atoms. The quantitative estimate of drug-likeness (QED) is 0.724. The molecule has 0 saturated heterocycles. The first-order chi connectivity index (χ1) is 9.84. The first kappa shape index (κ1) is 13.5. The normalized spacial score (nSPS) is 12.0. The molecule has 0 radical (unpaired) electrons. The molecule has 2 aromatic heterocycles. The molecule has 0 bridgehead atoms. The van der Waals surface area contributed by atoms with Crippen LogP contribution in [-0.4, -0.2) is 14.8 Å². The molecular weight excluding hydrogens is 287 g/mol. The lowest BCUT2D eigenvalue weighted by Crippen LogP contribution is -2.06. The number of ether oxygens (including phenoxy) is 1. The molecule has 0 aliphatic heterocycles. The number of halogens is 3. The van der Waals surface area contributed by atoms with Crippen molar-refractivity contribution in [3.63, 3.8) is 0 Å². The lowest BCUT2D eigenvalue weighted by molar-refractivity contribution is -0.141. The van der Waals surface area contributed by atoms with Crippen LogP contribution < -0.4 is 4.74 Å². The van der Waals surface area contributed by atoms with E-state index in [-0.39, 0.29) is 5.88 Å². The van der Waals surface area contributed by atoms with Crippen molar-refractivity contribution in [2.75, 3.05) is 0 Å². The maximum atomic E-state index is 12.6. The summed E-state index contributed by atoms with van der Waals surface area (Å²) in [6.07, 6.45) is -3.27. The Bertz CT molecular complexity index is 805. The fourth-order valence-electron chi connectivity index (χ4n) is 1.94. The van der Waals surface area contributed by atoms with Gasteiger partial charge in [0.1, 0.15) is 0 Å². The summed E-state index contributed by atoms with van der Waals surface area (Å²) in [6, 6.07) is 4.28. The number of nitrogens with zero attached hydrogens (tertiary/aromatic N) is 3. The van der Waals surface area contributed by atoms with Crippen LogP contribution in [0.1, 0.15) is 11.3 Å². The predicted molar refractivity (Wildman–Crippen MR) is 67.0 cm³/mol. The summed E-state index contributed by atoms with van der Waals surface area (Å²) < 4.78 is 49.6. The predicted octanol–water partition coefficient (Wildman–Crippen LogP) is 3.68. The highest BCUT2D eigenvalue weighted by Gasteiger charge is 2.35. The maximum absolute atomic E-state index is 12.6. The number of oxazole rings is 1. The van der Waals surface area contributed by atoms with Crippen LogP contribution in [0.4, 0.5) is 13.2 Å². The molecule has 3 rings (SSSR count). The molecule has 8 heteroatoms. The molecule has 0 atom stereocenters. The number of alkyl halides is 3. The monoisotopic (exact) mass is 297 g/mol. The van der Waals surface area contributed by atoms with Gasteiger partial charge in [-0.2, -0.15) is 18.3 Å². The molecule has 0 aliphatic carbocycles. The summed E-state index contributed by atoms with van der Waals surface area (Å²) in [4.78, 5) is 4.00. The smallest absolute Gasteiger partial charge is 0.435 e. The van der Waals surface area contributed by atoms with Gasteiger partial charge in [0, 0.05) is 13.1 Å². The van der Waals surface area contributed by atoms with Gasteiger partial charge < -0.3 is 9.15 Å². The zero-order valence-electron chi connectivity index (χ0n) is 11.1. The highest BCUT2D eigenvalue weighted by Crippen LogP contribution is 2.34. The van der Waals surface area contributed by atoms with Gasteiger partial charge in [-0.1, -0.05) is 0 Å². The molecule has 110 valence electrons. The van der Waals surface area contributed by atoms with Crippen LogP contribution in [0.15, 0.2) is 29.0 Å². The fraction of sp³-hybridized carbons (Fsp3) is 0.231. The number of rotatable bonds is 2. The third-order valence-electron chi connectivity index (χ3n) is 2.89. The first-order valence-electron chi connectivity index (χ1n) is 5.97. The molecule has 0 N–H and O–H groups in total. The van der Waals surface area contributed by atoms with E-state index in [1.54, 1.807) is 12.1 Å². The molecule has 0 fully saturated rings. The molecule has 1 aromatic carbocycles. The van der Waals surface area contributed by atoms with Crippen molar-refractivity contribution >= 4 is 11.1 Å². The Morgan fingerprint density at radius 1 is 1.24 bits per heavy atom. The highest BCUT2D eigenvalue weighted by molar-refractivity contribution is 5.80. The number of aryl methyl sites for hydroxylation is 2. The molecule has 0 unspecified atom stereocenters. The van der Waals surface area contributed by atoms with E-state index in [1.165, 1.54) is 13.4 Å². The Hall–Kier alpha value is -2.51. The maximum Gasteiger partial charge on any atom is 0.435 e. The summed E-state index contributed by atoms with van der Waals surface area (Å²) in [7, 11) is 1.38. The lowest BCUT2D eigenvalue weighted by Gasteiger charge is -2.06. The van der Waals surface area contributed by atoms with Gasteiger partial charge in [-0.3, -0.25) is 0 Å². The molecule has 21 heavy (non-hydrogen) atoms. The van der Waals surface area contributed by atoms with E-state index >= 15 is 0 Å². The van der Waals surface area contributed by atoms with Gasteiger partial charge >= 0.3 is 6.18 Å². The van der Waals surface area contributed by atoms with Crippen molar-refractivity contribution in [1.29, 1.82) is 0 Å². The first-order valence-corrected chi connectivity index (χ1v) is 5.97. The minimum absolute atomic E-state index is 0.0303. The van der Waals surface area contributed by atoms with Crippen molar-refractivity contribution < 1.29 is 22.3 Å². The Morgan fingerprint density at radius 3 is 2.67 bits per heavy atom. The third-order valence-corrected chi connectivity index (χ3v) is 2.89. The third kappa shape index (κ3) is 2.44. The summed E-state index contributed by atoms with van der Waals surface area (Å²) >= 11 is 0. The number of aromatic nitrogens is 3. The average Bonchev–Trinajstić information content (AvgIpc) is 2.96. The largest absolute Gasteiger partial charge is 0.443 e. The fourth-order valence-corrected chi connectivity index (χ4v) is 1.94. The second kappa shape index (κ2) is 4.51. The van der Waals surface area contributed by atoms with Gasteiger partial charge in [0.2, 0.25) is 5.88 Å². The summed E-state index contributed by atoms with van der Waals surface area (Å²) in [5.41, 5.74) is 0.773. The van der Waals surface area contributed by atoms with Crippen molar-refractivity contribution in [1.82, 2.24) is 14.8 Å². The number of benzene rings is 1. The van der Waals surface area contributed by atoms with Crippen LogP contribution in [-0.2, 0) is 13.2 Å². The van der Waals surface area contributed by atoms with Gasteiger partial charge in [0.05, 0.1) is 0 Å². The summed E-state index contributed by atoms with van der Waals surface area (Å²) in [5, 5.41) is 3.39. The minimum atomic E-state index is -4.52. The number of hydrogen-bond acceptors (Lipinski definition) is 4. The van der Waals surface area contributed by atoms with Gasteiger partial charge in [-0.05, 0) is 24.6 Å². The van der Waals surface area contributed by atoms with Crippen molar-refractivity contribution in [3.05, 3.63) is 35.9 Å². The van der Waals surface area contributed by atoms with E-state index in [9.17, 15) is 13.2 Å².